The van der Waals surface area contributed by atoms with Crippen LogP contribution < -0.4 is 11.1 Å². The van der Waals surface area contributed by atoms with Crippen molar-refractivity contribution in [3.8, 4) is 0 Å². The average molecular weight is 254 g/mol. The molecule has 0 bridgehead atoms. The van der Waals surface area contributed by atoms with Crippen LogP contribution in [-0.2, 0) is 4.79 Å². The summed E-state index contributed by atoms with van der Waals surface area (Å²) in [5.74, 6) is 0.593. The third-order valence-corrected chi connectivity index (χ3v) is 4.83. The highest BCUT2D eigenvalue weighted by atomic mass is 16.3. The molecule has 0 heterocycles. The van der Waals surface area contributed by atoms with Gasteiger partial charge >= 0.3 is 0 Å². The van der Waals surface area contributed by atoms with Crippen LogP contribution in [0.5, 0.6) is 0 Å². The van der Waals surface area contributed by atoms with Crippen LogP contribution in [0, 0.1) is 11.3 Å². The summed E-state index contributed by atoms with van der Waals surface area (Å²) in [5.41, 5.74) is 4.67. The molecule has 0 radical (unpaired) electrons. The van der Waals surface area contributed by atoms with Crippen LogP contribution in [0.15, 0.2) is 0 Å². The van der Waals surface area contributed by atoms with Gasteiger partial charge in [0.1, 0.15) is 0 Å². The van der Waals surface area contributed by atoms with E-state index in [4.69, 9.17) is 5.73 Å². The third-order valence-electron chi connectivity index (χ3n) is 4.83. The maximum atomic E-state index is 12.1. The average Bonchev–Trinajstić information content (AvgIpc) is 2.25. The Morgan fingerprint density at radius 3 is 2.61 bits per heavy atom. The molecule has 0 aromatic rings. The maximum Gasteiger partial charge on any atom is 0.227 e. The topological polar surface area (TPSA) is 75.3 Å². The molecular formula is C14H26N2O2. The summed E-state index contributed by atoms with van der Waals surface area (Å²) >= 11 is 0. The molecular weight excluding hydrogens is 228 g/mol. The summed E-state index contributed by atoms with van der Waals surface area (Å²) in [6.45, 7) is 2.98. The van der Waals surface area contributed by atoms with Crippen molar-refractivity contribution in [3.63, 3.8) is 0 Å². The number of amides is 1. The zero-order chi connectivity index (χ0) is 13.2. The summed E-state index contributed by atoms with van der Waals surface area (Å²) in [6, 6.07) is 0. The molecule has 4 N–H and O–H groups in total. The zero-order valence-corrected chi connectivity index (χ0v) is 11.4. The minimum Gasteiger partial charge on any atom is -0.388 e. The second kappa shape index (κ2) is 5.17. The molecule has 2 fully saturated rings. The van der Waals surface area contributed by atoms with Crippen LogP contribution in [0.1, 0.15) is 51.9 Å². The summed E-state index contributed by atoms with van der Waals surface area (Å²) in [6.07, 6.45) is 6.70. The zero-order valence-electron chi connectivity index (χ0n) is 11.4. The van der Waals surface area contributed by atoms with Gasteiger partial charge in [-0.3, -0.25) is 4.79 Å². The lowest BCUT2D eigenvalue weighted by Crippen LogP contribution is -2.54. The minimum absolute atomic E-state index is 0.0444. The lowest BCUT2D eigenvalue weighted by molar-refractivity contribution is -0.137. The van der Waals surface area contributed by atoms with Crippen LogP contribution in [-0.4, -0.2) is 29.7 Å². The molecule has 2 aliphatic rings. The molecule has 2 saturated carbocycles. The molecule has 0 aliphatic heterocycles. The molecule has 0 saturated heterocycles. The Kier molecular flexibility index (Phi) is 3.97. The summed E-state index contributed by atoms with van der Waals surface area (Å²) in [7, 11) is 0. The van der Waals surface area contributed by atoms with Gasteiger partial charge < -0.3 is 16.2 Å². The van der Waals surface area contributed by atoms with Crippen molar-refractivity contribution in [1.29, 1.82) is 0 Å². The Balaban J connectivity index is 1.85. The van der Waals surface area contributed by atoms with E-state index in [1.165, 1.54) is 6.42 Å². The van der Waals surface area contributed by atoms with E-state index in [1.807, 2.05) is 0 Å². The van der Waals surface area contributed by atoms with Gasteiger partial charge in [-0.25, -0.2) is 0 Å². The van der Waals surface area contributed by atoms with Crippen molar-refractivity contribution >= 4 is 5.91 Å². The smallest absolute Gasteiger partial charge is 0.227 e. The van der Waals surface area contributed by atoms with Gasteiger partial charge in [0, 0.05) is 13.1 Å². The molecule has 1 amide bonds. The van der Waals surface area contributed by atoms with Gasteiger partial charge in [0.15, 0.2) is 0 Å². The molecule has 0 aromatic carbocycles. The molecule has 4 nitrogen and oxygen atoms in total. The first kappa shape index (κ1) is 13.8. The van der Waals surface area contributed by atoms with Crippen LogP contribution in [0.3, 0.4) is 0 Å². The molecule has 2 aliphatic carbocycles. The Hall–Kier alpha value is -0.610. The van der Waals surface area contributed by atoms with Crippen LogP contribution in [0.2, 0.25) is 0 Å². The monoisotopic (exact) mass is 254 g/mol. The van der Waals surface area contributed by atoms with E-state index in [1.54, 1.807) is 0 Å². The molecule has 2 rings (SSSR count). The predicted octanol–water partition coefficient (Wildman–Crippen LogP) is 1.17. The first-order valence-corrected chi connectivity index (χ1v) is 7.20. The Morgan fingerprint density at radius 2 is 2.11 bits per heavy atom. The number of rotatable bonds is 4. The van der Waals surface area contributed by atoms with E-state index in [0.717, 1.165) is 38.5 Å². The third kappa shape index (κ3) is 2.69. The number of nitrogens with one attached hydrogen (secondary N) is 1. The van der Waals surface area contributed by atoms with Crippen molar-refractivity contribution in [2.45, 2.75) is 57.5 Å². The van der Waals surface area contributed by atoms with Gasteiger partial charge in [0.2, 0.25) is 5.91 Å². The van der Waals surface area contributed by atoms with Crippen molar-refractivity contribution in [1.82, 2.24) is 5.32 Å². The van der Waals surface area contributed by atoms with Gasteiger partial charge in [-0.2, -0.15) is 0 Å². The van der Waals surface area contributed by atoms with Gasteiger partial charge in [-0.05, 0) is 31.6 Å². The quantitative estimate of drug-likeness (QED) is 0.705. The van der Waals surface area contributed by atoms with Gasteiger partial charge in [-0.15, -0.1) is 0 Å². The van der Waals surface area contributed by atoms with Crippen molar-refractivity contribution < 1.29 is 9.90 Å². The number of carbonyl (C=O) groups excluding carboxylic acids is 1. The van der Waals surface area contributed by atoms with E-state index < -0.39 is 5.60 Å². The SMILES string of the molecule is CC1CCCC(O)(CNC(=O)C2(CN)CCC2)C1. The van der Waals surface area contributed by atoms with Crippen LogP contribution >= 0.6 is 0 Å². The normalized spacial score (nSPS) is 34.7. The van der Waals surface area contributed by atoms with E-state index in [2.05, 4.69) is 12.2 Å². The lowest BCUT2D eigenvalue weighted by atomic mass is 9.68. The molecule has 2 atom stereocenters. The summed E-state index contributed by atoms with van der Waals surface area (Å²) in [5, 5.41) is 13.4. The number of carbonyl (C=O) groups is 1. The lowest BCUT2D eigenvalue weighted by Gasteiger charge is -2.41. The molecule has 0 spiro atoms. The molecule has 104 valence electrons. The van der Waals surface area contributed by atoms with Gasteiger partial charge in [0.25, 0.3) is 0 Å². The van der Waals surface area contributed by atoms with E-state index in [9.17, 15) is 9.90 Å². The standard InChI is InChI=1S/C14H26N2O2/c1-11-4-2-7-14(18,8-11)10-16-12(17)13(9-15)5-3-6-13/h11,18H,2-10,15H2,1H3,(H,16,17). The molecule has 18 heavy (non-hydrogen) atoms. The number of hydrogen-bond donors (Lipinski definition) is 3. The molecule has 2 unspecified atom stereocenters. The minimum atomic E-state index is -0.702. The summed E-state index contributed by atoms with van der Waals surface area (Å²) in [4.78, 5) is 12.1. The first-order chi connectivity index (χ1) is 8.50. The Labute approximate surface area is 109 Å². The largest absolute Gasteiger partial charge is 0.388 e. The second-order valence-corrected chi connectivity index (χ2v) is 6.45. The number of aliphatic hydroxyl groups is 1. The van der Waals surface area contributed by atoms with Crippen LogP contribution in [0.25, 0.3) is 0 Å². The fourth-order valence-electron chi connectivity index (χ4n) is 3.35. The van der Waals surface area contributed by atoms with Crippen molar-refractivity contribution in [3.05, 3.63) is 0 Å². The molecule has 0 aromatic heterocycles. The number of nitrogens with two attached hydrogens (primary N) is 1. The summed E-state index contributed by atoms with van der Waals surface area (Å²) < 4.78 is 0. The van der Waals surface area contributed by atoms with E-state index in [-0.39, 0.29) is 11.3 Å². The fraction of sp³-hybridized carbons (Fsp3) is 0.929. The van der Waals surface area contributed by atoms with Gasteiger partial charge in [-0.1, -0.05) is 26.2 Å². The van der Waals surface area contributed by atoms with Crippen molar-refractivity contribution in [2.24, 2.45) is 17.1 Å². The second-order valence-electron chi connectivity index (χ2n) is 6.45. The highest BCUT2D eigenvalue weighted by Gasteiger charge is 2.43. The van der Waals surface area contributed by atoms with Crippen molar-refractivity contribution in [2.75, 3.05) is 13.1 Å². The molecule has 4 heteroatoms. The first-order valence-electron chi connectivity index (χ1n) is 7.20. The Bertz CT molecular complexity index is 309. The maximum absolute atomic E-state index is 12.1. The highest BCUT2D eigenvalue weighted by Crippen LogP contribution is 2.40. The fourth-order valence-corrected chi connectivity index (χ4v) is 3.35. The Morgan fingerprint density at radius 1 is 1.39 bits per heavy atom. The van der Waals surface area contributed by atoms with E-state index in [0.29, 0.717) is 19.0 Å². The van der Waals surface area contributed by atoms with Gasteiger partial charge in [0.05, 0.1) is 11.0 Å². The predicted molar refractivity (Wildman–Crippen MR) is 70.9 cm³/mol. The van der Waals surface area contributed by atoms with E-state index >= 15 is 0 Å². The number of hydrogen-bond acceptors (Lipinski definition) is 3. The van der Waals surface area contributed by atoms with Crippen LogP contribution in [0.4, 0.5) is 0 Å². The highest BCUT2D eigenvalue weighted by molar-refractivity contribution is 5.83.